The van der Waals surface area contributed by atoms with Crippen molar-refractivity contribution in [2.24, 2.45) is 0 Å². The fraction of sp³-hybridized carbons (Fsp3) is 0.158. The lowest BCUT2D eigenvalue weighted by atomic mass is 10.1. The van der Waals surface area contributed by atoms with Gasteiger partial charge in [-0.2, -0.15) is 5.26 Å². The molecule has 0 bridgehead atoms. The number of anilines is 1. The largest absolute Gasteiger partial charge is 0.366 e. The maximum atomic E-state index is 11.6. The maximum Gasteiger partial charge on any atom is 0.270 e. The average Bonchev–Trinajstić information content (AvgIpc) is 2.72. The highest BCUT2D eigenvalue weighted by atomic mass is 32.2. The van der Waals surface area contributed by atoms with Gasteiger partial charge in [0.2, 0.25) is 10.0 Å². The second kappa shape index (κ2) is 8.22. The van der Waals surface area contributed by atoms with Crippen LogP contribution in [0.5, 0.6) is 0 Å². The van der Waals surface area contributed by atoms with Crippen LogP contribution in [0.3, 0.4) is 0 Å². The van der Waals surface area contributed by atoms with Crippen molar-refractivity contribution in [3.63, 3.8) is 0 Å². The van der Waals surface area contributed by atoms with Crippen molar-refractivity contribution in [2.75, 3.05) is 12.4 Å². The molecule has 0 aliphatic carbocycles. The van der Waals surface area contributed by atoms with Gasteiger partial charge in [-0.05, 0) is 30.3 Å². The molecular formula is C19H17N5O4S. The van der Waals surface area contributed by atoms with Gasteiger partial charge in [0.25, 0.3) is 5.69 Å². The lowest BCUT2D eigenvalue weighted by molar-refractivity contribution is -0.384. The van der Waals surface area contributed by atoms with E-state index in [1.165, 1.54) is 25.2 Å². The van der Waals surface area contributed by atoms with E-state index in [9.17, 15) is 23.8 Å². The topological polar surface area (TPSA) is 138 Å². The number of pyridine rings is 1. The number of hydrogen-bond donors (Lipinski definition) is 2. The standard InChI is InChI=1S/C19H17N5O4S/c1-21-29(27,28)12-14-4-2-13(3-5-14)11-22-19-8-15(10-20)17-9-16(24(25)26)6-7-18(17)23-19/h2-9,21H,11-12H2,1H3,(H,22,23). The van der Waals surface area contributed by atoms with Crippen LogP contribution in [0.15, 0.2) is 48.5 Å². The van der Waals surface area contributed by atoms with E-state index in [-0.39, 0.29) is 17.0 Å². The van der Waals surface area contributed by atoms with Crippen molar-refractivity contribution in [2.45, 2.75) is 12.3 Å². The van der Waals surface area contributed by atoms with Crippen LogP contribution >= 0.6 is 0 Å². The minimum absolute atomic E-state index is 0.0961. The zero-order valence-electron chi connectivity index (χ0n) is 15.4. The quantitative estimate of drug-likeness (QED) is 0.450. The third-order valence-electron chi connectivity index (χ3n) is 4.29. The first-order valence-corrected chi connectivity index (χ1v) is 10.2. The number of nitro benzene ring substituents is 1. The van der Waals surface area contributed by atoms with E-state index in [0.29, 0.717) is 28.8 Å². The van der Waals surface area contributed by atoms with Crippen molar-refractivity contribution < 1.29 is 13.3 Å². The van der Waals surface area contributed by atoms with Crippen LogP contribution in [0.2, 0.25) is 0 Å². The van der Waals surface area contributed by atoms with Gasteiger partial charge in [0.15, 0.2) is 0 Å². The van der Waals surface area contributed by atoms with E-state index in [2.05, 4.69) is 15.0 Å². The number of aromatic nitrogens is 1. The second-order valence-electron chi connectivity index (χ2n) is 6.26. The second-order valence-corrected chi connectivity index (χ2v) is 8.19. The minimum Gasteiger partial charge on any atom is -0.366 e. The Bertz CT molecular complexity index is 1220. The summed E-state index contributed by atoms with van der Waals surface area (Å²) in [5.74, 6) is 0.367. The molecule has 0 saturated carbocycles. The summed E-state index contributed by atoms with van der Waals surface area (Å²) in [6.45, 7) is 0.412. The molecule has 1 heterocycles. The first-order chi connectivity index (χ1) is 13.8. The van der Waals surface area contributed by atoms with Gasteiger partial charge in [-0.25, -0.2) is 18.1 Å². The Labute approximate surface area is 167 Å². The molecule has 0 saturated heterocycles. The zero-order chi connectivity index (χ0) is 21.0. The molecule has 0 atom stereocenters. The number of hydrogen-bond acceptors (Lipinski definition) is 7. The summed E-state index contributed by atoms with van der Waals surface area (Å²) in [4.78, 5) is 14.8. The van der Waals surface area contributed by atoms with Crippen LogP contribution in [0.25, 0.3) is 10.9 Å². The number of rotatable bonds is 7. The van der Waals surface area contributed by atoms with Gasteiger partial charge in [0.1, 0.15) is 5.82 Å². The minimum atomic E-state index is -3.33. The smallest absolute Gasteiger partial charge is 0.270 e. The molecule has 2 N–H and O–H groups in total. The maximum absolute atomic E-state index is 11.6. The summed E-state index contributed by atoms with van der Waals surface area (Å²) in [6.07, 6.45) is 0. The molecule has 10 heteroatoms. The SMILES string of the molecule is CNS(=O)(=O)Cc1ccc(CNc2cc(C#N)c3cc([N+](=O)[O-])ccc3n2)cc1. The molecule has 0 spiro atoms. The van der Waals surface area contributed by atoms with E-state index in [1.54, 1.807) is 18.2 Å². The first-order valence-electron chi connectivity index (χ1n) is 8.53. The van der Waals surface area contributed by atoms with Gasteiger partial charge in [0, 0.05) is 24.1 Å². The van der Waals surface area contributed by atoms with E-state index < -0.39 is 14.9 Å². The molecule has 9 nitrogen and oxygen atoms in total. The van der Waals surface area contributed by atoms with Crippen LogP contribution in [0.1, 0.15) is 16.7 Å². The van der Waals surface area contributed by atoms with Gasteiger partial charge in [-0.15, -0.1) is 0 Å². The number of nitro groups is 1. The lowest BCUT2D eigenvalue weighted by Gasteiger charge is -2.09. The van der Waals surface area contributed by atoms with E-state index in [4.69, 9.17) is 0 Å². The number of nitrogens with one attached hydrogen (secondary N) is 2. The van der Waals surface area contributed by atoms with E-state index in [1.807, 2.05) is 18.2 Å². The third kappa shape index (κ3) is 4.84. The monoisotopic (exact) mass is 411 g/mol. The normalized spacial score (nSPS) is 11.2. The van der Waals surface area contributed by atoms with Crippen LogP contribution in [0.4, 0.5) is 11.5 Å². The molecule has 2 aromatic carbocycles. The van der Waals surface area contributed by atoms with Crippen molar-refractivity contribution >= 4 is 32.4 Å². The van der Waals surface area contributed by atoms with E-state index >= 15 is 0 Å². The van der Waals surface area contributed by atoms with Crippen molar-refractivity contribution in [1.29, 1.82) is 5.26 Å². The van der Waals surface area contributed by atoms with Crippen LogP contribution < -0.4 is 10.0 Å². The van der Waals surface area contributed by atoms with Crippen LogP contribution in [-0.4, -0.2) is 25.4 Å². The summed E-state index contributed by atoms with van der Waals surface area (Å²) in [7, 11) is -1.95. The fourth-order valence-corrected chi connectivity index (χ4v) is 3.52. The number of fused-ring (bicyclic) bond motifs is 1. The molecule has 29 heavy (non-hydrogen) atoms. The van der Waals surface area contributed by atoms with Crippen molar-refractivity contribution in [1.82, 2.24) is 9.71 Å². The Hall–Kier alpha value is -3.55. The molecule has 3 rings (SSSR count). The summed E-state index contributed by atoms with van der Waals surface area (Å²) in [6, 6.07) is 14.9. The number of nitrogens with zero attached hydrogens (tertiary/aromatic N) is 3. The summed E-state index contributed by atoms with van der Waals surface area (Å²) < 4.78 is 25.5. The molecule has 3 aromatic rings. The molecule has 0 radical (unpaired) electrons. The van der Waals surface area contributed by atoms with Gasteiger partial charge >= 0.3 is 0 Å². The first kappa shape index (κ1) is 20.2. The summed E-state index contributed by atoms with van der Waals surface area (Å²) in [5.41, 5.74) is 2.23. The van der Waals surface area contributed by atoms with E-state index in [0.717, 1.165) is 5.56 Å². The number of nitriles is 1. The Balaban J connectivity index is 1.78. The molecule has 1 aromatic heterocycles. The molecule has 0 unspecified atom stereocenters. The molecule has 148 valence electrons. The third-order valence-corrected chi connectivity index (χ3v) is 5.62. The van der Waals surface area contributed by atoms with Gasteiger partial charge < -0.3 is 5.32 Å². The van der Waals surface area contributed by atoms with Gasteiger partial charge in [-0.1, -0.05) is 24.3 Å². The fourth-order valence-electron chi connectivity index (χ4n) is 2.75. The highest BCUT2D eigenvalue weighted by Crippen LogP contribution is 2.25. The highest BCUT2D eigenvalue weighted by Gasteiger charge is 2.12. The highest BCUT2D eigenvalue weighted by molar-refractivity contribution is 7.88. The van der Waals surface area contributed by atoms with Crippen molar-refractivity contribution in [3.05, 3.63) is 75.3 Å². The molecule has 0 amide bonds. The molecule has 0 aliphatic rings. The molecule has 0 aliphatic heterocycles. The van der Waals surface area contributed by atoms with Crippen molar-refractivity contribution in [3.8, 4) is 6.07 Å². The number of sulfonamides is 1. The Morgan fingerprint density at radius 2 is 1.83 bits per heavy atom. The van der Waals surface area contributed by atoms with Gasteiger partial charge in [-0.3, -0.25) is 10.1 Å². The summed E-state index contributed by atoms with van der Waals surface area (Å²) in [5, 5.41) is 23.9. The predicted molar refractivity (Wildman–Crippen MR) is 109 cm³/mol. The average molecular weight is 411 g/mol. The zero-order valence-corrected chi connectivity index (χ0v) is 16.2. The Morgan fingerprint density at radius 3 is 2.45 bits per heavy atom. The Kier molecular flexibility index (Phi) is 5.72. The van der Waals surface area contributed by atoms with Gasteiger partial charge in [0.05, 0.1) is 27.8 Å². The van der Waals surface area contributed by atoms with Crippen LogP contribution in [0, 0.1) is 21.4 Å². The number of benzene rings is 2. The molecule has 0 fully saturated rings. The number of non-ortho nitro benzene ring substituents is 1. The Morgan fingerprint density at radius 1 is 1.14 bits per heavy atom. The van der Waals surface area contributed by atoms with Crippen LogP contribution in [-0.2, 0) is 22.3 Å². The summed E-state index contributed by atoms with van der Waals surface area (Å²) >= 11 is 0. The lowest BCUT2D eigenvalue weighted by Crippen LogP contribution is -2.20. The molecular weight excluding hydrogens is 394 g/mol. The predicted octanol–water partition coefficient (Wildman–Crippen LogP) is 2.68.